The highest BCUT2D eigenvalue weighted by Gasteiger charge is 2.29. The van der Waals surface area contributed by atoms with E-state index in [2.05, 4.69) is 11.3 Å². The van der Waals surface area contributed by atoms with E-state index in [1.807, 2.05) is 6.07 Å². The van der Waals surface area contributed by atoms with Crippen LogP contribution in [0.15, 0.2) is 49.1 Å². The fourth-order valence-corrected chi connectivity index (χ4v) is 3.65. The van der Waals surface area contributed by atoms with E-state index in [9.17, 15) is 17.2 Å². The van der Waals surface area contributed by atoms with Crippen molar-refractivity contribution in [1.29, 1.82) is 0 Å². The number of rotatable bonds is 7. The van der Waals surface area contributed by atoms with Crippen LogP contribution in [0.5, 0.6) is 11.5 Å². The van der Waals surface area contributed by atoms with Crippen molar-refractivity contribution in [3.05, 3.63) is 60.2 Å². The molecule has 0 fully saturated rings. The van der Waals surface area contributed by atoms with Crippen molar-refractivity contribution in [1.82, 2.24) is 0 Å². The van der Waals surface area contributed by atoms with Crippen LogP contribution < -0.4 is 14.6 Å². The molecular formula is C19H19F2NO4S. The van der Waals surface area contributed by atoms with Crippen molar-refractivity contribution in [2.75, 3.05) is 5.75 Å². The average molecular weight is 395 g/mol. The smallest absolute Gasteiger partial charge is 0.387 e. The van der Waals surface area contributed by atoms with E-state index in [1.54, 1.807) is 30.3 Å². The second-order valence-corrected chi connectivity index (χ2v) is 7.91. The first-order valence-corrected chi connectivity index (χ1v) is 9.99. The summed E-state index contributed by atoms with van der Waals surface area (Å²) in [4.78, 5) is 0. The number of nitrogens with two attached hydrogens (primary N) is 1. The van der Waals surface area contributed by atoms with Crippen molar-refractivity contribution in [2.45, 2.75) is 25.6 Å². The summed E-state index contributed by atoms with van der Waals surface area (Å²) in [6.45, 7) is 0.774. The van der Waals surface area contributed by atoms with Crippen molar-refractivity contribution >= 4 is 10.0 Å². The first kappa shape index (κ1) is 19.3. The predicted molar refractivity (Wildman–Crippen MR) is 98.4 cm³/mol. The molecule has 2 N–H and O–H groups in total. The third-order valence-corrected chi connectivity index (χ3v) is 5.03. The molecule has 8 heteroatoms. The maximum atomic E-state index is 12.8. The van der Waals surface area contributed by atoms with Crippen LogP contribution in [0.2, 0.25) is 0 Å². The van der Waals surface area contributed by atoms with Crippen molar-refractivity contribution in [3.63, 3.8) is 0 Å². The summed E-state index contributed by atoms with van der Waals surface area (Å²) in [7, 11) is -3.59. The molecule has 0 radical (unpaired) electrons. The molecule has 2 aromatic rings. The van der Waals surface area contributed by atoms with Gasteiger partial charge in [0.05, 0.1) is 11.3 Å². The Kier molecular flexibility index (Phi) is 5.48. The Bertz CT molecular complexity index is 960. The van der Waals surface area contributed by atoms with Gasteiger partial charge in [-0.05, 0) is 29.7 Å². The third kappa shape index (κ3) is 4.45. The minimum absolute atomic E-state index is 0.0260. The number of hydrogen-bond acceptors (Lipinski definition) is 4. The number of ether oxygens (including phenoxy) is 2. The maximum absolute atomic E-state index is 12.8. The van der Waals surface area contributed by atoms with E-state index in [1.165, 1.54) is 6.07 Å². The van der Waals surface area contributed by atoms with Crippen LogP contribution in [0.3, 0.4) is 0 Å². The van der Waals surface area contributed by atoms with Gasteiger partial charge < -0.3 is 9.47 Å². The lowest BCUT2D eigenvalue weighted by Gasteiger charge is -2.30. The Morgan fingerprint density at radius 3 is 2.74 bits per heavy atom. The van der Waals surface area contributed by atoms with E-state index in [0.29, 0.717) is 23.3 Å². The molecule has 1 atom stereocenters. The number of fused-ring (bicyclic) bond motifs is 3. The Labute approximate surface area is 156 Å². The molecule has 0 spiro atoms. The molecule has 5 nitrogen and oxygen atoms in total. The van der Waals surface area contributed by atoms with Gasteiger partial charge in [0.25, 0.3) is 0 Å². The molecule has 27 heavy (non-hydrogen) atoms. The first-order valence-electron chi connectivity index (χ1n) is 8.27. The quantitative estimate of drug-likeness (QED) is 0.724. The zero-order chi connectivity index (χ0) is 19.6. The number of sulfonamides is 1. The van der Waals surface area contributed by atoms with Gasteiger partial charge >= 0.3 is 6.61 Å². The lowest BCUT2D eigenvalue weighted by Crippen LogP contribution is -2.19. The van der Waals surface area contributed by atoms with Crippen LogP contribution in [-0.2, 0) is 16.4 Å². The zero-order valence-corrected chi connectivity index (χ0v) is 15.2. The monoisotopic (exact) mass is 395 g/mol. The van der Waals surface area contributed by atoms with Crippen LogP contribution in [0, 0.1) is 0 Å². The van der Waals surface area contributed by atoms with Crippen LogP contribution in [0.25, 0.3) is 11.1 Å². The molecule has 2 aromatic carbocycles. The van der Waals surface area contributed by atoms with Crippen LogP contribution >= 0.6 is 0 Å². The summed E-state index contributed by atoms with van der Waals surface area (Å²) in [6, 6.07) is 10.1. The lowest BCUT2D eigenvalue weighted by molar-refractivity contribution is -0.0496. The largest absolute Gasteiger partial charge is 0.485 e. The fraction of sp³-hybridized carbons (Fsp3) is 0.263. The van der Waals surface area contributed by atoms with Gasteiger partial charge in [0.15, 0.2) is 0 Å². The number of halogens is 2. The molecule has 3 rings (SSSR count). The molecule has 0 saturated heterocycles. The number of hydrogen-bond donors (Lipinski definition) is 1. The Balaban J connectivity index is 2.07. The summed E-state index contributed by atoms with van der Waals surface area (Å²) in [5.41, 5.74) is 2.68. The summed E-state index contributed by atoms with van der Waals surface area (Å²) < 4.78 is 58.7. The van der Waals surface area contributed by atoms with Gasteiger partial charge in [0.2, 0.25) is 10.0 Å². The molecule has 1 aliphatic heterocycles. The van der Waals surface area contributed by atoms with E-state index >= 15 is 0 Å². The minimum Gasteiger partial charge on any atom is -0.485 e. The molecule has 0 aliphatic carbocycles. The van der Waals surface area contributed by atoms with E-state index in [4.69, 9.17) is 9.88 Å². The van der Waals surface area contributed by atoms with Crippen molar-refractivity contribution in [2.24, 2.45) is 5.14 Å². The highest BCUT2D eigenvalue weighted by Crippen LogP contribution is 2.48. The van der Waals surface area contributed by atoms with Gasteiger partial charge in [-0.2, -0.15) is 8.78 Å². The fourth-order valence-electron chi connectivity index (χ4n) is 3.13. The predicted octanol–water partition coefficient (Wildman–Crippen LogP) is 3.80. The zero-order valence-electron chi connectivity index (χ0n) is 14.4. The summed E-state index contributed by atoms with van der Waals surface area (Å²) in [5.74, 6) is 0.289. The average Bonchev–Trinajstić information content (AvgIpc) is 2.59. The highest BCUT2D eigenvalue weighted by molar-refractivity contribution is 7.89. The number of aryl methyl sites for hydroxylation is 1. The van der Waals surface area contributed by atoms with E-state index < -0.39 is 16.6 Å². The van der Waals surface area contributed by atoms with Crippen LogP contribution in [0.4, 0.5) is 8.78 Å². The molecule has 1 unspecified atom stereocenters. The van der Waals surface area contributed by atoms with E-state index in [0.717, 1.165) is 11.1 Å². The number of primary sulfonamides is 1. The van der Waals surface area contributed by atoms with E-state index in [-0.39, 0.29) is 24.0 Å². The standard InChI is InChI=1S/C19H19F2NO4S/c1-2-4-15-14-11-12(9-10-27(22,23)24)7-8-13(14)18-16(25-15)5-3-6-17(18)26-19(20)21/h2-3,5-8,11,15,19H,1,4,9-10H2,(H2,22,23,24). The molecule has 0 amide bonds. The second-order valence-electron chi connectivity index (χ2n) is 6.18. The summed E-state index contributed by atoms with van der Waals surface area (Å²) in [6.07, 6.45) is 2.09. The van der Waals surface area contributed by atoms with Gasteiger partial charge in [-0.3, -0.25) is 0 Å². The normalized spacial score (nSPS) is 15.6. The van der Waals surface area contributed by atoms with Gasteiger partial charge in [0, 0.05) is 12.0 Å². The first-order chi connectivity index (χ1) is 12.8. The van der Waals surface area contributed by atoms with Crippen molar-refractivity contribution in [3.8, 4) is 22.6 Å². The van der Waals surface area contributed by atoms with Gasteiger partial charge in [0.1, 0.15) is 17.6 Å². The highest BCUT2D eigenvalue weighted by atomic mass is 32.2. The van der Waals surface area contributed by atoms with Gasteiger partial charge in [-0.1, -0.05) is 30.3 Å². The second kappa shape index (κ2) is 7.66. The number of benzene rings is 2. The molecule has 0 saturated carbocycles. The van der Waals surface area contributed by atoms with Crippen LogP contribution in [0.1, 0.15) is 23.7 Å². The summed E-state index contributed by atoms with van der Waals surface area (Å²) in [5, 5.41) is 5.07. The molecule has 1 heterocycles. The SMILES string of the molecule is C=CCC1Oc2cccc(OC(F)F)c2-c2ccc(CCS(N)(=O)=O)cc21. The minimum atomic E-state index is -3.59. The molecule has 0 bridgehead atoms. The Hall–Kier alpha value is -2.45. The number of alkyl halides is 2. The van der Waals surface area contributed by atoms with Gasteiger partial charge in [-0.15, -0.1) is 6.58 Å². The van der Waals surface area contributed by atoms with Crippen LogP contribution in [-0.4, -0.2) is 20.8 Å². The Morgan fingerprint density at radius 2 is 2.07 bits per heavy atom. The topological polar surface area (TPSA) is 78.6 Å². The Morgan fingerprint density at radius 1 is 1.30 bits per heavy atom. The molecular weight excluding hydrogens is 376 g/mol. The van der Waals surface area contributed by atoms with Crippen molar-refractivity contribution < 1.29 is 26.7 Å². The third-order valence-electron chi connectivity index (χ3n) is 4.26. The summed E-state index contributed by atoms with van der Waals surface area (Å²) >= 11 is 0. The molecule has 0 aromatic heterocycles. The maximum Gasteiger partial charge on any atom is 0.387 e. The molecule has 1 aliphatic rings. The molecule has 144 valence electrons. The lowest BCUT2D eigenvalue weighted by atomic mass is 9.89. The van der Waals surface area contributed by atoms with Gasteiger partial charge in [-0.25, -0.2) is 13.6 Å².